The summed E-state index contributed by atoms with van der Waals surface area (Å²) in [5, 5.41) is 0. The smallest absolute Gasteiger partial charge is 0.253 e. The molecule has 0 saturated carbocycles. The molecule has 1 amide bonds. The third-order valence-electron chi connectivity index (χ3n) is 3.59. The Hall–Kier alpha value is -0.910. The first kappa shape index (κ1) is 15.5. The van der Waals surface area contributed by atoms with E-state index in [2.05, 4.69) is 39.8 Å². The van der Waals surface area contributed by atoms with E-state index >= 15 is 0 Å². The first-order chi connectivity index (χ1) is 9.56. The number of hydrogen-bond acceptors (Lipinski definition) is 3. The van der Waals surface area contributed by atoms with Gasteiger partial charge in [-0.1, -0.05) is 22.0 Å². The maximum atomic E-state index is 12.4. The molecule has 1 heterocycles. The molecule has 1 saturated heterocycles. The number of piperazine rings is 1. The van der Waals surface area contributed by atoms with E-state index in [-0.39, 0.29) is 5.91 Å². The van der Waals surface area contributed by atoms with Crippen LogP contribution in [0, 0.1) is 0 Å². The summed E-state index contributed by atoms with van der Waals surface area (Å²) in [6, 6.07) is 7.62. The van der Waals surface area contributed by atoms with Crippen LogP contribution >= 0.6 is 15.9 Å². The zero-order valence-electron chi connectivity index (χ0n) is 12.2. The first-order valence-electron chi connectivity index (χ1n) is 6.98. The van der Waals surface area contributed by atoms with E-state index in [1.165, 1.54) is 0 Å². The lowest BCUT2D eigenvalue weighted by atomic mass is 10.2. The second-order valence-electron chi connectivity index (χ2n) is 5.45. The zero-order chi connectivity index (χ0) is 14.5. The summed E-state index contributed by atoms with van der Waals surface area (Å²) in [5.74, 6) is 0.138. The van der Waals surface area contributed by atoms with Gasteiger partial charge < -0.3 is 9.80 Å². The van der Waals surface area contributed by atoms with Gasteiger partial charge in [0.25, 0.3) is 5.91 Å². The molecular weight excluding hydrogens is 318 g/mol. The van der Waals surface area contributed by atoms with E-state index in [4.69, 9.17) is 0 Å². The standard InChI is InChI=1S/C15H22BrN3O/c1-17(2)6-7-18-8-10-19(11-9-18)15(20)13-4-3-5-14(16)12-13/h3-5,12H,6-11H2,1-2H3. The minimum absolute atomic E-state index is 0.138. The number of hydrogen-bond donors (Lipinski definition) is 0. The van der Waals surface area contributed by atoms with E-state index in [9.17, 15) is 4.79 Å². The molecule has 1 aliphatic rings. The van der Waals surface area contributed by atoms with Gasteiger partial charge in [0, 0.05) is 49.3 Å². The number of benzene rings is 1. The molecule has 4 nitrogen and oxygen atoms in total. The second kappa shape index (κ2) is 7.20. The van der Waals surface area contributed by atoms with E-state index < -0.39 is 0 Å². The Morgan fingerprint density at radius 3 is 2.55 bits per heavy atom. The van der Waals surface area contributed by atoms with Crippen molar-refractivity contribution in [1.82, 2.24) is 14.7 Å². The van der Waals surface area contributed by atoms with Gasteiger partial charge >= 0.3 is 0 Å². The fraction of sp³-hybridized carbons (Fsp3) is 0.533. The molecule has 1 aliphatic heterocycles. The Balaban J connectivity index is 1.86. The van der Waals surface area contributed by atoms with Crippen LogP contribution < -0.4 is 0 Å². The first-order valence-corrected chi connectivity index (χ1v) is 7.77. The molecule has 0 bridgehead atoms. The highest BCUT2D eigenvalue weighted by atomic mass is 79.9. The normalized spacial score (nSPS) is 16.7. The van der Waals surface area contributed by atoms with Crippen molar-refractivity contribution in [3.63, 3.8) is 0 Å². The van der Waals surface area contributed by atoms with Gasteiger partial charge in [-0.05, 0) is 32.3 Å². The molecule has 0 aliphatic carbocycles. The molecule has 0 spiro atoms. The lowest BCUT2D eigenvalue weighted by Crippen LogP contribution is -2.49. The molecule has 110 valence electrons. The monoisotopic (exact) mass is 339 g/mol. The minimum atomic E-state index is 0.138. The molecule has 0 aromatic heterocycles. The Labute approximate surface area is 129 Å². The molecule has 0 N–H and O–H groups in total. The average Bonchev–Trinajstić information content (AvgIpc) is 2.45. The number of carbonyl (C=O) groups is 1. The quantitative estimate of drug-likeness (QED) is 0.836. The van der Waals surface area contributed by atoms with E-state index in [1.54, 1.807) is 0 Å². The molecule has 2 rings (SSSR count). The third-order valence-corrected chi connectivity index (χ3v) is 4.09. The lowest BCUT2D eigenvalue weighted by Gasteiger charge is -2.35. The largest absolute Gasteiger partial charge is 0.336 e. The molecule has 1 aromatic carbocycles. The Morgan fingerprint density at radius 2 is 1.95 bits per heavy atom. The average molecular weight is 340 g/mol. The number of rotatable bonds is 4. The summed E-state index contributed by atoms with van der Waals surface area (Å²) < 4.78 is 0.952. The van der Waals surface area contributed by atoms with Crippen LogP contribution in [0.2, 0.25) is 0 Å². The van der Waals surface area contributed by atoms with E-state index in [1.807, 2.05) is 29.2 Å². The summed E-state index contributed by atoms with van der Waals surface area (Å²) in [6.45, 7) is 5.71. The Morgan fingerprint density at radius 1 is 1.25 bits per heavy atom. The van der Waals surface area contributed by atoms with Gasteiger partial charge in [-0.15, -0.1) is 0 Å². The fourth-order valence-corrected chi connectivity index (χ4v) is 2.72. The van der Waals surface area contributed by atoms with Crippen LogP contribution in [0.3, 0.4) is 0 Å². The lowest BCUT2D eigenvalue weighted by molar-refractivity contribution is 0.0629. The van der Waals surface area contributed by atoms with Gasteiger partial charge in [-0.3, -0.25) is 9.69 Å². The van der Waals surface area contributed by atoms with Crippen LogP contribution in [0.4, 0.5) is 0 Å². The summed E-state index contributed by atoms with van der Waals surface area (Å²) >= 11 is 3.41. The minimum Gasteiger partial charge on any atom is -0.336 e. The molecular formula is C15H22BrN3O. The van der Waals surface area contributed by atoms with Crippen molar-refractivity contribution in [1.29, 1.82) is 0 Å². The van der Waals surface area contributed by atoms with Crippen molar-refractivity contribution in [2.45, 2.75) is 0 Å². The van der Waals surface area contributed by atoms with Gasteiger partial charge in [0.15, 0.2) is 0 Å². The number of nitrogens with zero attached hydrogens (tertiary/aromatic N) is 3. The van der Waals surface area contributed by atoms with Crippen molar-refractivity contribution in [2.24, 2.45) is 0 Å². The molecule has 0 unspecified atom stereocenters. The molecule has 1 fully saturated rings. The van der Waals surface area contributed by atoms with Gasteiger partial charge in [0.2, 0.25) is 0 Å². The predicted octanol–water partition coefficient (Wildman–Crippen LogP) is 1.77. The fourth-order valence-electron chi connectivity index (χ4n) is 2.32. The van der Waals surface area contributed by atoms with Crippen LogP contribution in [-0.2, 0) is 0 Å². The molecule has 0 radical (unpaired) electrons. The highest BCUT2D eigenvalue weighted by molar-refractivity contribution is 9.10. The van der Waals surface area contributed by atoms with E-state index in [0.29, 0.717) is 0 Å². The Bertz CT molecular complexity index is 456. The zero-order valence-corrected chi connectivity index (χ0v) is 13.8. The number of likely N-dealkylation sites (N-methyl/N-ethyl adjacent to an activating group) is 1. The maximum Gasteiger partial charge on any atom is 0.253 e. The van der Waals surface area contributed by atoms with Gasteiger partial charge in [0.05, 0.1) is 0 Å². The predicted molar refractivity (Wildman–Crippen MR) is 85.0 cm³/mol. The number of carbonyl (C=O) groups excluding carboxylic acids is 1. The second-order valence-corrected chi connectivity index (χ2v) is 6.36. The van der Waals surface area contributed by atoms with E-state index in [0.717, 1.165) is 49.3 Å². The van der Waals surface area contributed by atoms with Gasteiger partial charge in [-0.2, -0.15) is 0 Å². The van der Waals surface area contributed by atoms with Crippen molar-refractivity contribution in [2.75, 3.05) is 53.4 Å². The summed E-state index contributed by atoms with van der Waals surface area (Å²) in [6.07, 6.45) is 0. The molecule has 0 atom stereocenters. The summed E-state index contributed by atoms with van der Waals surface area (Å²) in [7, 11) is 4.18. The van der Waals surface area contributed by atoms with Gasteiger partial charge in [-0.25, -0.2) is 0 Å². The number of halogens is 1. The molecule has 5 heteroatoms. The summed E-state index contributed by atoms with van der Waals surface area (Å²) in [4.78, 5) is 19.0. The Kier molecular flexibility index (Phi) is 5.57. The van der Waals surface area contributed by atoms with Crippen molar-refractivity contribution >= 4 is 21.8 Å². The van der Waals surface area contributed by atoms with Gasteiger partial charge in [0.1, 0.15) is 0 Å². The molecule has 1 aromatic rings. The van der Waals surface area contributed by atoms with Crippen molar-refractivity contribution in [3.05, 3.63) is 34.3 Å². The third kappa shape index (κ3) is 4.30. The summed E-state index contributed by atoms with van der Waals surface area (Å²) in [5.41, 5.74) is 0.765. The SMILES string of the molecule is CN(C)CCN1CCN(C(=O)c2cccc(Br)c2)CC1. The highest BCUT2D eigenvalue weighted by Gasteiger charge is 2.21. The van der Waals surface area contributed by atoms with Crippen LogP contribution in [0.1, 0.15) is 10.4 Å². The van der Waals surface area contributed by atoms with Crippen LogP contribution in [0.15, 0.2) is 28.7 Å². The maximum absolute atomic E-state index is 12.4. The number of amides is 1. The topological polar surface area (TPSA) is 26.8 Å². The highest BCUT2D eigenvalue weighted by Crippen LogP contribution is 2.14. The van der Waals surface area contributed by atoms with Crippen LogP contribution in [0.25, 0.3) is 0 Å². The molecule has 20 heavy (non-hydrogen) atoms. The van der Waals surface area contributed by atoms with Crippen LogP contribution in [0.5, 0.6) is 0 Å². The van der Waals surface area contributed by atoms with Crippen molar-refractivity contribution < 1.29 is 4.79 Å². The van der Waals surface area contributed by atoms with Crippen LogP contribution in [-0.4, -0.2) is 74.0 Å². The van der Waals surface area contributed by atoms with Crippen molar-refractivity contribution in [3.8, 4) is 0 Å².